The Morgan fingerprint density at radius 3 is 2.09 bits per heavy atom. The largest absolute Gasteiger partial charge is 0.508 e. The number of hydrogen-bond acceptors (Lipinski definition) is 1. The van der Waals surface area contributed by atoms with Crippen LogP contribution in [-0.4, -0.2) is 5.11 Å². The van der Waals surface area contributed by atoms with E-state index in [0.717, 1.165) is 25.6 Å². The van der Waals surface area contributed by atoms with Gasteiger partial charge in [-0.1, -0.05) is 86.5 Å². The van der Waals surface area contributed by atoms with Gasteiger partial charge in [0.1, 0.15) is 5.75 Å². The first-order chi connectivity index (χ1) is 10.7. The third-order valence-corrected chi connectivity index (χ3v) is 4.83. The van der Waals surface area contributed by atoms with Crippen molar-refractivity contribution in [3.05, 3.63) is 98.4 Å². The van der Waals surface area contributed by atoms with E-state index < -0.39 is 0 Å². The van der Waals surface area contributed by atoms with Gasteiger partial charge in [-0.25, -0.2) is 0 Å². The fourth-order valence-electron chi connectivity index (χ4n) is 2.64. The number of benzene rings is 3. The molecule has 0 amide bonds. The van der Waals surface area contributed by atoms with Gasteiger partial charge in [-0.05, 0) is 29.3 Å². The molecular weight excluding hydrogens is 404 g/mol. The molecule has 3 heteroatoms. The number of aromatic hydroxyl groups is 1. The Labute approximate surface area is 146 Å². The minimum Gasteiger partial charge on any atom is -0.508 e. The number of hydrogen-bond donors (Lipinski definition) is 1. The minimum atomic E-state index is -0.0233. The monoisotopic (exact) mass is 416 g/mol. The topological polar surface area (TPSA) is 20.2 Å². The molecule has 0 saturated carbocycles. The molecule has 110 valence electrons. The van der Waals surface area contributed by atoms with Gasteiger partial charge in [0.25, 0.3) is 0 Å². The summed E-state index contributed by atoms with van der Waals surface area (Å²) in [7, 11) is 0. The van der Waals surface area contributed by atoms with E-state index in [-0.39, 0.29) is 5.92 Å². The zero-order chi connectivity index (χ0) is 15.5. The predicted molar refractivity (Wildman–Crippen MR) is 97.3 cm³/mol. The van der Waals surface area contributed by atoms with Crippen molar-refractivity contribution in [2.45, 2.75) is 5.92 Å². The highest BCUT2D eigenvalue weighted by molar-refractivity contribution is 9.11. The first kappa shape index (κ1) is 15.3. The highest BCUT2D eigenvalue weighted by Gasteiger charge is 2.21. The standard InChI is InChI=1S/C19H14Br2O/c20-14-10-11-15(17(21)12-14)19(13-6-2-1-3-7-13)16-8-4-5-9-18(16)22/h1-12,19,22H. The van der Waals surface area contributed by atoms with Crippen LogP contribution in [0, 0.1) is 0 Å². The maximum atomic E-state index is 10.3. The number of halogens is 2. The molecule has 0 aliphatic heterocycles. The van der Waals surface area contributed by atoms with Crippen LogP contribution in [-0.2, 0) is 0 Å². The number of phenolic OH excluding ortho intramolecular Hbond substituents is 1. The van der Waals surface area contributed by atoms with Crippen LogP contribution in [0.4, 0.5) is 0 Å². The summed E-state index contributed by atoms with van der Waals surface area (Å²) in [4.78, 5) is 0. The van der Waals surface area contributed by atoms with E-state index >= 15 is 0 Å². The number of para-hydroxylation sites is 1. The van der Waals surface area contributed by atoms with Gasteiger partial charge < -0.3 is 5.11 Å². The Morgan fingerprint density at radius 1 is 0.727 bits per heavy atom. The van der Waals surface area contributed by atoms with Gasteiger partial charge in [0, 0.05) is 20.4 Å². The molecule has 0 bridgehead atoms. The SMILES string of the molecule is Oc1ccccc1C(c1ccccc1)c1ccc(Br)cc1Br. The second-order valence-electron chi connectivity index (χ2n) is 5.07. The Kier molecular flexibility index (Phi) is 4.65. The number of phenols is 1. The summed E-state index contributed by atoms with van der Waals surface area (Å²) in [6, 6.07) is 23.9. The normalized spacial score (nSPS) is 12.1. The van der Waals surface area contributed by atoms with E-state index in [1.807, 2.05) is 48.5 Å². The van der Waals surface area contributed by atoms with Gasteiger partial charge in [0.15, 0.2) is 0 Å². The molecule has 0 aliphatic rings. The Hall–Kier alpha value is -1.58. The maximum Gasteiger partial charge on any atom is 0.119 e. The zero-order valence-corrected chi connectivity index (χ0v) is 14.9. The van der Waals surface area contributed by atoms with E-state index in [1.54, 1.807) is 6.07 Å². The Morgan fingerprint density at radius 2 is 1.41 bits per heavy atom. The van der Waals surface area contributed by atoms with Crippen LogP contribution >= 0.6 is 31.9 Å². The molecule has 0 aromatic heterocycles. The average Bonchev–Trinajstić information content (AvgIpc) is 2.52. The average molecular weight is 418 g/mol. The quantitative estimate of drug-likeness (QED) is 0.510. The molecule has 1 atom stereocenters. The fourth-order valence-corrected chi connectivity index (χ4v) is 3.92. The molecule has 0 saturated heterocycles. The minimum absolute atomic E-state index is 0.0233. The molecule has 0 fully saturated rings. The molecule has 1 N–H and O–H groups in total. The summed E-state index contributed by atoms with van der Waals surface area (Å²) in [5.74, 6) is 0.288. The second-order valence-corrected chi connectivity index (χ2v) is 6.84. The molecule has 1 unspecified atom stereocenters. The van der Waals surface area contributed by atoms with E-state index in [2.05, 4.69) is 50.1 Å². The zero-order valence-electron chi connectivity index (χ0n) is 11.7. The fraction of sp³-hybridized carbons (Fsp3) is 0.0526. The lowest BCUT2D eigenvalue weighted by atomic mass is 9.85. The highest BCUT2D eigenvalue weighted by atomic mass is 79.9. The van der Waals surface area contributed by atoms with E-state index in [0.29, 0.717) is 5.75 Å². The van der Waals surface area contributed by atoms with Crippen LogP contribution in [0.1, 0.15) is 22.6 Å². The van der Waals surface area contributed by atoms with Crippen LogP contribution in [0.15, 0.2) is 81.7 Å². The molecule has 3 aromatic rings. The van der Waals surface area contributed by atoms with Gasteiger partial charge in [0.2, 0.25) is 0 Å². The van der Waals surface area contributed by atoms with Crippen LogP contribution in [0.5, 0.6) is 5.75 Å². The van der Waals surface area contributed by atoms with Gasteiger partial charge in [-0.15, -0.1) is 0 Å². The summed E-state index contributed by atoms with van der Waals surface area (Å²) >= 11 is 7.15. The second kappa shape index (κ2) is 6.67. The van der Waals surface area contributed by atoms with Crippen LogP contribution in [0.25, 0.3) is 0 Å². The van der Waals surface area contributed by atoms with Crippen molar-refractivity contribution >= 4 is 31.9 Å². The van der Waals surface area contributed by atoms with Crippen molar-refractivity contribution in [3.63, 3.8) is 0 Å². The van der Waals surface area contributed by atoms with Crippen molar-refractivity contribution in [2.75, 3.05) is 0 Å². The number of rotatable bonds is 3. The molecule has 3 rings (SSSR count). The molecule has 0 spiro atoms. The Balaban J connectivity index is 2.22. The van der Waals surface area contributed by atoms with Crippen molar-refractivity contribution in [1.29, 1.82) is 0 Å². The third kappa shape index (κ3) is 3.11. The first-order valence-electron chi connectivity index (χ1n) is 6.94. The summed E-state index contributed by atoms with van der Waals surface area (Å²) in [5, 5.41) is 10.3. The molecule has 22 heavy (non-hydrogen) atoms. The van der Waals surface area contributed by atoms with Crippen molar-refractivity contribution in [2.24, 2.45) is 0 Å². The van der Waals surface area contributed by atoms with Crippen molar-refractivity contribution in [1.82, 2.24) is 0 Å². The van der Waals surface area contributed by atoms with Crippen LogP contribution in [0.3, 0.4) is 0 Å². The maximum absolute atomic E-state index is 10.3. The first-order valence-corrected chi connectivity index (χ1v) is 8.53. The van der Waals surface area contributed by atoms with E-state index in [4.69, 9.17) is 0 Å². The van der Waals surface area contributed by atoms with Crippen LogP contribution in [0.2, 0.25) is 0 Å². The van der Waals surface area contributed by atoms with E-state index in [9.17, 15) is 5.11 Å². The smallest absolute Gasteiger partial charge is 0.119 e. The van der Waals surface area contributed by atoms with Gasteiger partial charge >= 0.3 is 0 Å². The summed E-state index contributed by atoms with van der Waals surface area (Å²) in [5.41, 5.74) is 3.17. The predicted octanol–water partition coefficient (Wildman–Crippen LogP) is 6.10. The van der Waals surface area contributed by atoms with Crippen molar-refractivity contribution < 1.29 is 5.11 Å². The van der Waals surface area contributed by atoms with Gasteiger partial charge in [0.05, 0.1) is 0 Å². The molecule has 0 heterocycles. The summed E-state index contributed by atoms with van der Waals surface area (Å²) in [6.07, 6.45) is 0. The third-order valence-electron chi connectivity index (χ3n) is 3.65. The van der Waals surface area contributed by atoms with Gasteiger partial charge in [-0.2, -0.15) is 0 Å². The summed E-state index contributed by atoms with van der Waals surface area (Å²) < 4.78 is 2.03. The Bertz CT molecular complexity index is 784. The van der Waals surface area contributed by atoms with E-state index in [1.165, 1.54) is 0 Å². The van der Waals surface area contributed by atoms with Crippen molar-refractivity contribution in [3.8, 4) is 5.75 Å². The molecular formula is C19H14Br2O. The molecule has 1 nitrogen and oxygen atoms in total. The summed E-state index contributed by atoms with van der Waals surface area (Å²) in [6.45, 7) is 0. The molecule has 3 aromatic carbocycles. The lowest BCUT2D eigenvalue weighted by molar-refractivity contribution is 0.467. The lowest BCUT2D eigenvalue weighted by Crippen LogP contribution is -2.04. The molecule has 0 radical (unpaired) electrons. The molecule has 0 aliphatic carbocycles. The highest BCUT2D eigenvalue weighted by Crippen LogP contribution is 2.40. The van der Waals surface area contributed by atoms with Crippen LogP contribution < -0.4 is 0 Å². The lowest BCUT2D eigenvalue weighted by Gasteiger charge is -2.21. The van der Waals surface area contributed by atoms with Gasteiger partial charge in [-0.3, -0.25) is 0 Å².